The third-order valence-corrected chi connectivity index (χ3v) is 4.86. The Bertz CT molecular complexity index is 836. The van der Waals surface area contributed by atoms with Crippen LogP contribution in [0, 0.1) is 5.82 Å². The summed E-state index contributed by atoms with van der Waals surface area (Å²) in [5, 5.41) is 3.43. The van der Waals surface area contributed by atoms with Crippen molar-refractivity contribution in [1.29, 1.82) is 0 Å². The lowest BCUT2D eigenvalue weighted by atomic mass is 10.0. The molecule has 1 aliphatic heterocycles. The van der Waals surface area contributed by atoms with E-state index in [0.29, 0.717) is 36.1 Å². The molecule has 1 saturated heterocycles. The number of aromatic nitrogens is 1. The molecule has 150 valence electrons. The normalized spacial score (nSPS) is 18.0. The highest BCUT2D eigenvalue weighted by Crippen LogP contribution is 2.25. The van der Waals surface area contributed by atoms with Gasteiger partial charge in [0.2, 0.25) is 5.91 Å². The molecule has 2 atom stereocenters. The van der Waals surface area contributed by atoms with Crippen LogP contribution in [-0.2, 0) is 20.9 Å². The van der Waals surface area contributed by atoms with E-state index in [1.165, 1.54) is 13.0 Å². The first kappa shape index (κ1) is 20.5. The van der Waals surface area contributed by atoms with Crippen LogP contribution < -0.4 is 5.32 Å². The highest BCUT2D eigenvalue weighted by molar-refractivity contribution is 6.31. The van der Waals surface area contributed by atoms with Crippen LogP contribution in [0.25, 0.3) is 0 Å². The van der Waals surface area contributed by atoms with Crippen LogP contribution in [0.15, 0.2) is 36.5 Å². The Morgan fingerprint density at radius 2 is 2.32 bits per heavy atom. The number of carbonyl (C=O) groups is 1. The second-order valence-electron chi connectivity index (χ2n) is 6.61. The van der Waals surface area contributed by atoms with Gasteiger partial charge in [-0.3, -0.25) is 4.79 Å². The van der Waals surface area contributed by atoms with E-state index in [1.54, 1.807) is 42.3 Å². The van der Waals surface area contributed by atoms with Crippen LogP contribution in [-0.4, -0.2) is 41.7 Å². The monoisotopic (exact) mass is 407 g/mol. The largest absolute Gasteiger partial charge is 0.370 e. The molecule has 1 fully saturated rings. The molecular formula is C20H23ClFN3O3. The summed E-state index contributed by atoms with van der Waals surface area (Å²) >= 11 is 6.02. The van der Waals surface area contributed by atoms with Gasteiger partial charge in [0.05, 0.1) is 25.4 Å². The summed E-state index contributed by atoms with van der Waals surface area (Å²) in [5.41, 5.74) is 1.89. The van der Waals surface area contributed by atoms with Crippen molar-refractivity contribution in [2.24, 2.45) is 0 Å². The number of anilines is 1. The van der Waals surface area contributed by atoms with Crippen LogP contribution in [0.5, 0.6) is 0 Å². The van der Waals surface area contributed by atoms with E-state index in [1.807, 2.05) is 0 Å². The number of halogens is 2. The number of amides is 1. The number of nitrogens with zero attached hydrogens (tertiary/aromatic N) is 2. The fourth-order valence-electron chi connectivity index (χ4n) is 3.01. The van der Waals surface area contributed by atoms with Gasteiger partial charge in [-0.1, -0.05) is 17.7 Å². The van der Waals surface area contributed by atoms with Crippen LogP contribution in [0.4, 0.5) is 10.1 Å². The topological polar surface area (TPSA) is 63.7 Å². The van der Waals surface area contributed by atoms with Gasteiger partial charge >= 0.3 is 0 Å². The number of benzene rings is 1. The van der Waals surface area contributed by atoms with Crippen molar-refractivity contribution in [2.75, 3.05) is 25.0 Å². The minimum Gasteiger partial charge on any atom is -0.370 e. The number of hydrogen-bond donors (Lipinski definition) is 1. The number of carbonyl (C=O) groups excluding carboxylic acids is 1. The molecule has 0 unspecified atom stereocenters. The second-order valence-corrected chi connectivity index (χ2v) is 6.97. The molecule has 0 spiro atoms. The molecule has 1 amide bonds. The third kappa shape index (κ3) is 5.19. The zero-order valence-electron chi connectivity index (χ0n) is 15.8. The minimum atomic E-state index is -0.399. The summed E-state index contributed by atoms with van der Waals surface area (Å²) < 4.78 is 25.7. The van der Waals surface area contributed by atoms with E-state index in [9.17, 15) is 9.18 Å². The summed E-state index contributed by atoms with van der Waals surface area (Å²) in [7, 11) is 0. The first-order valence-corrected chi connectivity index (χ1v) is 9.46. The fourth-order valence-corrected chi connectivity index (χ4v) is 3.19. The predicted molar refractivity (Wildman–Crippen MR) is 104 cm³/mol. The summed E-state index contributed by atoms with van der Waals surface area (Å²) in [6.07, 6.45) is 0.922. The van der Waals surface area contributed by atoms with Gasteiger partial charge < -0.3 is 19.7 Å². The van der Waals surface area contributed by atoms with Crippen molar-refractivity contribution in [3.05, 3.63) is 58.6 Å². The maximum absolute atomic E-state index is 14.2. The zero-order valence-corrected chi connectivity index (χ0v) is 16.6. The quantitative estimate of drug-likeness (QED) is 0.583. The van der Waals surface area contributed by atoms with Gasteiger partial charge in [-0.05, 0) is 36.8 Å². The van der Waals surface area contributed by atoms with Crippen molar-refractivity contribution in [3.63, 3.8) is 0 Å². The van der Waals surface area contributed by atoms with Crippen LogP contribution >= 0.6 is 11.6 Å². The Labute approximate surface area is 168 Å². The van der Waals surface area contributed by atoms with Crippen molar-refractivity contribution in [1.82, 2.24) is 9.88 Å². The number of pyridine rings is 1. The maximum atomic E-state index is 14.2. The molecule has 28 heavy (non-hydrogen) atoms. The summed E-state index contributed by atoms with van der Waals surface area (Å²) in [5.74, 6) is -0.345. The number of morpholine rings is 1. The van der Waals surface area contributed by atoms with Crippen molar-refractivity contribution in [3.8, 4) is 0 Å². The molecule has 1 aromatic carbocycles. The van der Waals surface area contributed by atoms with Crippen LogP contribution in [0.1, 0.15) is 31.1 Å². The third-order valence-electron chi connectivity index (χ3n) is 4.56. The van der Waals surface area contributed by atoms with Gasteiger partial charge in [0.25, 0.3) is 0 Å². The molecule has 6 nitrogen and oxygen atoms in total. The molecule has 2 heterocycles. The van der Waals surface area contributed by atoms with Crippen LogP contribution in [0.2, 0.25) is 5.15 Å². The second kappa shape index (κ2) is 9.32. The molecule has 2 aromatic rings. The lowest BCUT2D eigenvalue weighted by Gasteiger charge is -2.32. The Balaban J connectivity index is 1.63. The number of nitrogens with one attached hydrogen (secondary N) is 1. The first-order chi connectivity index (χ1) is 13.4. The predicted octanol–water partition coefficient (Wildman–Crippen LogP) is 3.77. The molecule has 0 saturated carbocycles. The summed E-state index contributed by atoms with van der Waals surface area (Å²) in [4.78, 5) is 17.3. The summed E-state index contributed by atoms with van der Waals surface area (Å²) in [6.45, 7) is 4.91. The lowest BCUT2D eigenvalue weighted by molar-refractivity contribution is -0.136. The van der Waals surface area contributed by atoms with E-state index in [-0.39, 0.29) is 24.4 Å². The van der Waals surface area contributed by atoms with Gasteiger partial charge in [0.15, 0.2) is 5.15 Å². The Hall–Kier alpha value is -2.22. The maximum Gasteiger partial charge on any atom is 0.219 e. The summed E-state index contributed by atoms with van der Waals surface area (Å²) in [6, 6.07) is 8.37. The SMILES string of the molecule is CC(=O)N1CCO[C@H](c2ccc(F)c(CO[C@H](C)Nc3cccnc3Cl)c2)C1. The van der Waals surface area contributed by atoms with E-state index >= 15 is 0 Å². The first-order valence-electron chi connectivity index (χ1n) is 9.08. The Morgan fingerprint density at radius 3 is 3.07 bits per heavy atom. The fraction of sp³-hybridized carbons (Fsp3) is 0.400. The van der Waals surface area contributed by atoms with Crippen LogP contribution in [0.3, 0.4) is 0 Å². The zero-order chi connectivity index (χ0) is 20.1. The number of hydrogen-bond acceptors (Lipinski definition) is 5. The van der Waals surface area contributed by atoms with Gasteiger partial charge in [-0.2, -0.15) is 0 Å². The Morgan fingerprint density at radius 1 is 1.50 bits per heavy atom. The molecule has 8 heteroatoms. The van der Waals surface area contributed by atoms with E-state index < -0.39 is 6.23 Å². The number of rotatable bonds is 6. The molecule has 0 aliphatic carbocycles. The van der Waals surface area contributed by atoms with Crippen molar-refractivity contribution < 1.29 is 18.7 Å². The molecule has 0 bridgehead atoms. The van der Waals surface area contributed by atoms with Crippen molar-refractivity contribution in [2.45, 2.75) is 32.8 Å². The van der Waals surface area contributed by atoms with E-state index in [4.69, 9.17) is 21.1 Å². The minimum absolute atomic E-state index is 0.00734. The van der Waals surface area contributed by atoms with Crippen molar-refractivity contribution >= 4 is 23.2 Å². The molecule has 1 N–H and O–H groups in total. The molecule has 1 aliphatic rings. The Kier molecular flexibility index (Phi) is 6.83. The molecule has 0 radical (unpaired) electrons. The highest BCUT2D eigenvalue weighted by Gasteiger charge is 2.24. The van der Waals surface area contributed by atoms with E-state index in [2.05, 4.69) is 10.3 Å². The molecule has 3 rings (SSSR count). The van der Waals surface area contributed by atoms with Gasteiger partial charge in [0, 0.05) is 25.2 Å². The van der Waals surface area contributed by atoms with Gasteiger partial charge in [-0.15, -0.1) is 0 Å². The lowest BCUT2D eigenvalue weighted by Crippen LogP contribution is -2.41. The average molecular weight is 408 g/mol. The van der Waals surface area contributed by atoms with Gasteiger partial charge in [0.1, 0.15) is 18.1 Å². The highest BCUT2D eigenvalue weighted by atomic mass is 35.5. The average Bonchev–Trinajstić information content (AvgIpc) is 2.69. The van der Waals surface area contributed by atoms with E-state index in [0.717, 1.165) is 5.56 Å². The van der Waals surface area contributed by atoms with Gasteiger partial charge in [-0.25, -0.2) is 9.37 Å². The molecular weight excluding hydrogens is 385 g/mol. The molecule has 1 aromatic heterocycles. The standard InChI is InChI=1S/C20H23ClFN3O3/c1-13(24-18-4-3-7-23-20(18)21)28-12-16-10-15(5-6-17(16)22)19-11-25(14(2)26)8-9-27-19/h3-7,10,13,19,24H,8-9,11-12H2,1-2H3/t13-,19+/m1/s1. The smallest absolute Gasteiger partial charge is 0.219 e. The number of ether oxygens (including phenoxy) is 2.